The van der Waals surface area contributed by atoms with Gasteiger partial charge in [0.1, 0.15) is 5.69 Å². The summed E-state index contributed by atoms with van der Waals surface area (Å²) in [6, 6.07) is 5.28. The summed E-state index contributed by atoms with van der Waals surface area (Å²) in [6.07, 6.45) is 3.35. The molecule has 114 valence electrons. The van der Waals surface area contributed by atoms with Crippen molar-refractivity contribution in [2.45, 2.75) is 13.5 Å². The summed E-state index contributed by atoms with van der Waals surface area (Å²) in [4.78, 5) is 14.1. The number of nitrogens with zero attached hydrogens (tertiary/aromatic N) is 4. The molecule has 0 spiro atoms. The highest BCUT2D eigenvalue weighted by atomic mass is 16.3. The number of aromatic nitrogens is 4. The van der Waals surface area contributed by atoms with Crippen LogP contribution in [0.1, 0.15) is 21.7 Å². The van der Waals surface area contributed by atoms with Crippen LogP contribution >= 0.6 is 0 Å². The summed E-state index contributed by atoms with van der Waals surface area (Å²) in [5.41, 5.74) is 3.09. The minimum absolute atomic E-state index is 0.155. The SMILES string of the molecule is Cc1c(CN(C)C(=O)c2cc(-c3ccco3)[nH]n2)cnn1C. The van der Waals surface area contributed by atoms with Crippen molar-refractivity contribution in [3.63, 3.8) is 0 Å². The normalized spacial score (nSPS) is 10.9. The molecule has 1 amide bonds. The Labute approximate surface area is 127 Å². The van der Waals surface area contributed by atoms with Crippen molar-refractivity contribution < 1.29 is 9.21 Å². The van der Waals surface area contributed by atoms with Gasteiger partial charge in [-0.15, -0.1) is 0 Å². The van der Waals surface area contributed by atoms with E-state index in [4.69, 9.17) is 4.42 Å². The van der Waals surface area contributed by atoms with E-state index < -0.39 is 0 Å². The average Bonchev–Trinajstić information content (AvgIpc) is 3.23. The summed E-state index contributed by atoms with van der Waals surface area (Å²) in [5, 5.41) is 11.1. The fourth-order valence-corrected chi connectivity index (χ4v) is 2.21. The van der Waals surface area contributed by atoms with Gasteiger partial charge in [0.05, 0.1) is 12.5 Å². The van der Waals surface area contributed by atoms with Crippen molar-refractivity contribution in [2.24, 2.45) is 7.05 Å². The monoisotopic (exact) mass is 299 g/mol. The first kappa shape index (κ1) is 14.1. The zero-order valence-corrected chi connectivity index (χ0v) is 12.7. The van der Waals surface area contributed by atoms with E-state index in [1.165, 1.54) is 0 Å². The number of rotatable bonds is 4. The number of nitrogens with one attached hydrogen (secondary N) is 1. The molecular formula is C15H17N5O2. The van der Waals surface area contributed by atoms with Crippen LogP contribution in [0.3, 0.4) is 0 Å². The first-order valence-corrected chi connectivity index (χ1v) is 6.88. The van der Waals surface area contributed by atoms with E-state index in [-0.39, 0.29) is 5.91 Å². The van der Waals surface area contributed by atoms with Crippen LogP contribution in [0.15, 0.2) is 35.1 Å². The molecule has 3 heterocycles. The number of amides is 1. The molecule has 3 rings (SSSR count). The highest BCUT2D eigenvalue weighted by Crippen LogP contribution is 2.19. The smallest absolute Gasteiger partial charge is 0.274 e. The van der Waals surface area contributed by atoms with Gasteiger partial charge in [-0.3, -0.25) is 14.6 Å². The van der Waals surface area contributed by atoms with Crippen LogP contribution in [0.4, 0.5) is 0 Å². The number of aromatic amines is 1. The molecule has 0 aromatic carbocycles. The molecule has 22 heavy (non-hydrogen) atoms. The van der Waals surface area contributed by atoms with Crippen LogP contribution in [0.2, 0.25) is 0 Å². The Morgan fingerprint density at radius 2 is 2.32 bits per heavy atom. The second-order valence-corrected chi connectivity index (χ2v) is 5.18. The van der Waals surface area contributed by atoms with Gasteiger partial charge in [-0.05, 0) is 19.1 Å². The number of furan rings is 1. The first-order valence-electron chi connectivity index (χ1n) is 6.88. The third-order valence-corrected chi connectivity index (χ3v) is 3.67. The second-order valence-electron chi connectivity index (χ2n) is 5.18. The average molecular weight is 299 g/mol. The summed E-state index contributed by atoms with van der Waals surface area (Å²) < 4.78 is 7.07. The lowest BCUT2D eigenvalue weighted by Gasteiger charge is -2.15. The molecule has 0 unspecified atom stereocenters. The summed E-state index contributed by atoms with van der Waals surface area (Å²) in [7, 11) is 3.63. The molecule has 3 aromatic rings. The topological polar surface area (TPSA) is 80.0 Å². The minimum Gasteiger partial charge on any atom is -0.463 e. The number of aryl methyl sites for hydroxylation is 1. The molecular weight excluding hydrogens is 282 g/mol. The number of H-pyrrole nitrogens is 1. The molecule has 0 saturated heterocycles. The molecule has 0 bridgehead atoms. The van der Waals surface area contributed by atoms with Crippen LogP contribution in [0, 0.1) is 6.92 Å². The third-order valence-electron chi connectivity index (χ3n) is 3.67. The third kappa shape index (κ3) is 2.52. The van der Waals surface area contributed by atoms with Gasteiger partial charge in [-0.2, -0.15) is 10.2 Å². The highest BCUT2D eigenvalue weighted by molar-refractivity contribution is 5.93. The molecule has 7 nitrogen and oxygen atoms in total. The van der Waals surface area contributed by atoms with Crippen molar-refractivity contribution in [3.05, 3.63) is 47.6 Å². The Morgan fingerprint density at radius 3 is 2.95 bits per heavy atom. The Hall–Kier alpha value is -2.83. The fourth-order valence-electron chi connectivity index (χ4n) is 2.21. The van der Waals surface area contributed by atoms with Crippen LogP contribution in [-0.2, 0) is 13.6 Å². The maximum atomic E-state index is 12.4. The van der Waals surface area contributed by atoms with Crippen molar-refractivity contribution in [1.82, 2.24) is 24.9 Å². The predicted molar refractivity (Wildman–Crippen MR) is 80.0 cm³/mol. The van der Waals surface area contributed by atoms with Gasteiger partial charge in [-0.25, -0.2) is 0 Å². The Morgan fingerprint density at radius 1 is 1.50 bits per heavy atom. The van der Waals surface area contributed by atoms with Crippen molar-refractivity contribution >= 4 is 5.91 Å². The fraction of sp³-hybridized carbons (Fsp3) is 0.267. The van der Waals surface area contributed by atoms with Gasteiger partial charge in [0.25, 0.3) is 5.91 Å². The molecule has 0 aliphatic rings. The number of carbonyl (C=O) groups is 1. The van der Waals surface area contributed by atoms with E-state index in [0.717, 1.165) is 11.3 Å². The van der Waals surface area contributed by atoms with Gasteiger partial charge < -0.3 is 9.32 Å². The van der Waals surface area contributed by atoms with Crippen LogP contribution in [-0.4, -0.2) is 37.8 Å². The van der Waals surface area contributed by atoms with E-state index in [2.05, 4.69) is 15.3 Å². The predicted octanol–water partition coefficient (Wildman–Crippen LogP) is 1.98. The van der Waals surface area contributed by atoms with Gasteiger partial charge in [0.2, 0.25) is 0 Å². The van der Waals surface area contributed by atoms with Crippen molar-refractivity contribution in [2.75, 3.05) is 7.05 Å². The molecule has 0 atom stereocenters. The lowest BCUT2D eigenvalue weighted by molar-refractivity contribution is 0.0779. The van der Waals surface area contributed by atoms with E-state index in [9.17, 15) is 4.79 Å². The summed E-state index contributed by atoms with van der Waals surface area (Å²) >= 11 is 0. The zero-order valence-electron chi connectivity index (χ0n) is 12.7. The molecule has 0 saturated carbocycles. The van der Waals surface area contributed by atoms with Crippen LogP contribution in [0.25, 0.3) is 11.5 Å². The molecule has 0 radical (unpaired) electrons. The lowest BCUT2D eigenvalue weighted by Crippen LogP contribution is -2.26. The lowest BCUT2D eigenvalue weighted by atomic mass is 10.2. The molecule has 3 aromatic heterocycles. The van der Waals surface area contributed by atoms with E-state index in [1.807, 2.05) is 20.0 Å². The van der Waals surface area contributed by atoms with Gasteiger partial charge in [0, 0.05) is 38.0 Å². The second kappa shape index (κ2) is 5.51. The molecule has 0 aliphatic carbocycles. The zero-order chi connectivity index (χ0) is 15.7. The molecule has 0 fully saturated rings. The molecule has 1 N–H and O–H groups in total. The Kier molecular flexibility index (Phi) is 3.54. The van der Waals surface area contributed by atoms with Gasteiger partial charge in [-0.1, -0.05) is 0 Å². The van der Waals surface area contributed by atoms with E-state index in [1.54, 1.807) is 41.2 Å². The van der Waals surface area contributed by atoms with Gasteiger partial charge in [0.15, 0.2) is 11.5 Å². The highest BCUT2D eigenvalue weighted by Gasteiger charge is 2.18. The maximum absolute atomic E-state index is 12.4. The molecule has 7 heteroatoms. The number of hydrogen-bond acceptors (Lipinski definition) is 4. The van der Waals surface area contributed by atoms with Crippen molar-refractivity contribution in [1.29, 1.82) is 0 Å². The maximum Gasteiger partial charge on any atom is 0.274 e. The van der Waals surface area contributed by atoms with E-state index >= 15 is 0 Å². The number of carbonyl (C=O) groups excluding carboxylic acids is 1. The first-order chi connectivity index (χ1) is 10.6. The standard InChI is InChI=1S/C15H17N5O2/c1-10-11(8-16-20(10)3)9-19(2)15(21)13-7-12(17-18-13)14-5-4-6-22-14/h4-8H,9H2,1-3H3,(H,17,18). The minimum atomic E-state index is -0.155. The van der Waals surface area contributed by atoms with Crippen LogP contribution in [0.5, 0.6) is 0 Å². The molecule has 0 aliphatic heterocycles. The van der Waals surface area contributed by atoms with Crippen molar-refractivity contribution in [3.8, 4) is 11.5 Å². The largest absolute Gasteiger partial charge is 0.463 e. The summed E-state index contributed by atoms with van der Waals surface area (Å²) in [6.45, 7) is 2.46. The van der Waals surface area contributed by atoms with Crippen LogP contribution < -0.4 is 0 Å². The Balaban J connectivity index is 1.75. The number of hydrogen-bond donors (Lipinski definition) is 1. The quantitative estimate of drug-likeness (QED) is 0.799. The summed E-state index contributed by atoms with van der Waals surface area (Å²) in [5.74, 6) is 0.495. The van der Waals surface area contributed by atoms with E-state index in [0.29, 0.717) is 23.7 Å². The Bertz CT molecular complexity index is 785. The van der Waals surface area contributed by atoms with Gasteiger partial charge >= 0.3 is 0 Å².